The van der Waals surface area contributed by atoms with Crippen LogP contribution in [0.1, 0.15) is 16.7 Å². The van der Waals surface area contributed by atoms with Crippen molar-refractivity contribution >= 4 is 11.6 Å². The van der Waals surface area contributed by atoms with E-state index in [1.54, 1.807) is 7.11 Å². The number of alkyl halides is 1. The van der Waals surface area contributed by atoms with Crippen molar-refractivity contribution in [3.05, 3.63) is 59.2 Å². The summed E-state index contributed by atoms with van der Waals surface area (Å²) < 4.78 is 11.0. The predicted molar refractivity (Wildman–Crippen MR) is 86.1 cm³/mol. The van der Waals surface area contributed by atoms with Gasteiger partial charge in [-0.2, -0.15) is 0 Å². The summed E-state index contributed by atoms with van der Waals surface area (Å²) >= 11 is 5.57. The Bertz CT molecular complexity index is 668. The largest absolute Gasteiger partial charge is 0.497 e. The van der Waals surface area contributed by atoms with Crippen molar-refractivity contribution in [2.24, 2.45) is 0 Å². The van der Waals surface area contributed by atoms with E-state index in [1.807, 2.05) is 49.4 Å². The lowest BCUT2D eigenvalue weighted by atomic mass is 10.1. The van der Waals surface area contributed by atoms with Gasteiger partial charge in [-0.15, -0.1) is 11.6 Å². The number of ether oxygens (including phenoxy) is 2. The minimum absolute atomic E-state index is 0.341. The lowest BCUT2D eigenvalue weighted by Gasteiger charge is -2.09. The van der Waals surface area contributed by atoms with Gasteiger partial charge < -0.3 is 9.47 Å². The van der Waals surface area contributed by atoms with Crippen LogP contribution in [0.5, 0.6) is 11.5 Å². The number of rotatable bonds is 4. The van der Waals surface area contributed by atoms with Crippen molar-refractivity contribution < 1.29 is 9.47 Å². The monoisotopic (exact) mass is 300 g/mol. The Kier molecular flexibility index (Phi) is 5.54. The van der Waals surface area contributed by atoms with Crippen LogP contribution in [-0.2, 0) is 6.61 Å². The van der Waals surface area contributed by atoms with Gasteiger partial charge in [0.1, 0.15) is 18.1 Å². The molecule has 2 aromatic carbocycles. The SMILES string of the molecule is COc1cccc(COc2ccc(C#CCCl)c(C)c2)c1. The molecule has 21 heavy (non-hydrogen) atoms. The smallest absolute Gasteiger partial charge is 0.120 e. The van der Waals surface area contributed by atoms with Crippen LogP contribution in [0.3, 0.4) is 0 Å². The molecule has 0 atom stereocenters. The second-order valence-corrected chi connectivity index (χ2v) is 4.82. The molecule has 3 heteroatoms. The fourth-order valence-electron chi connectivity index (χ4n) is 1.92. The lowest BCUT2D eigenvalue weighted by molar-refractivity contribution is 0.305. The molecule has 108 valence electrons. The first-order chi connectivity index (χ1) is 10.2. The Hall–Kier alpha value is -2.11. The third kappa shape index (κ3) is 4.44. The van der Waals surface area contributed by atoms with E-state index in [0.29, 0.717) is 12.5 Å². The van der Waals surface area contributed by atoms with E-state index in [-0.39, 0.29) is 0 Å². The molecule has 0 radical (unpaired) electrons. The van der Waals surface area contributed by atoms with E-state index >= 15 is 0 Å². The van der Waals surface area contributed by atoms with Gasteiger partial charge in [-0.1, -0.05) is 24.0 Å². The molecule has 0 fully saturated rings. The highest BCUT2D eigenvalue weighted by Gasteiger charge is 2.01. The van der Waals surface area contributed by atoms with Crippen LogP contribution < -0.4 is 9.47 Å². The van der Waals surface area contributed by atoms with Gasteiger partial charge in [0.2, 0.25) is 0 Å². The van der Waals surface area contributed by atoms with Crippen LogP contribution in [0.25, 0.3) is 0 Å². The molecule has 0 aromatic heterocycles. The minimum atomic E-state index is 0.341. The zero-order valence-electron chi connectivity index (χ0n) is 12.2. The Labute approximate surface area is 130 Å². The molecule has 2 aromatic rings. The van der Waals surface area contributed by atoms with E-state index in [9.17, 15) is 0 Å². The average Bonchev–Trinajstić information content (AvgIpc) is 2.52. The van der Waals surface area contributed by atoms with E-state index in [1.165, 1.54) is 0 Å². The van der Waals surface area contributed by atoms with Crippen molar-refractivity contribution in [3.63, 3.8) is 0 Å². The Morgan fingerprint density at radius 1 is 1.10 bits per heavy atom. The quantitative estimate of drug-likeness (QED) is 0.623. The van der Waals surface area contributed by atoms with Crippen molar-refractivity contribution in [3.8, 4) is 23.3 Å². The maximum atomic E-state index is 5.80. The number of hydrogen-bond donors (Lipinski definition) is 0. The maximum absolute atomic E-state index is 5.80. The first-order valence-corrected chi connectivity index (χ1v) is 7.17. The van der Waals surface area contributed by atoms with E-state index < -0.39 is 0 Å². The summed E-state index contributed by atoms with van der Waals surface area (Å²) in [6, 6.07) is 13.7. The Morgan fingerprint density at radius 3 is 2.67 bits per heavy atom. The second kappa shape index (κ2) is 7.61. The van der Waals surface area contributed by atoms with Gasteiger partial charge in [-0.05, 0) is 48.4 Å². The van der Waals surface area contributed by atoms with Gasteiger partial charge in [0.15, 0.2) is 0 Å². The molecule has 0 spiro atoms. The summed E-state index contributed by atoms with van der Waals surface area (Å²) in [5, 5.41) is 0. The highest BCUT2D eigenvalue weighted by atomic mass is 35.5. The predicted octanol–water partition coefficient (Wildman–Crippen LogP) is 4.17. The van der Waals surface area contributed by atoms with Gasteiger partial charge in [0.25, 0.3) is 0 Å². The molecule has 0 saturated heterocycles. The van der Waals surface area contributed by atoms with Crippen LogP contribution in [0.2, 0.25) is 0 Å². The number of benzene rings is 2. The molecule has 0 unspecified atom stereocenters. The molecular weight excluding hydrogens is 284 g/mol. The summed E-state index contributed by atoms with van der Waals surface area (Å²) in [4.78, 5) is 0. The highest BCUT2D eigenvalue weighted by molar-refractivity contribution is 6.19. The van der Waals surface area contributed by atoms with Crippen LogP contribution in [-0.4, -0.2) is 13.0 Å². The van der Waals surface area contributed by atoms with Crippen molar-refractivity contribution in [2.75, 3.05) is 13.0 Å². The van der Waals surface area contributed by atoms with Crippen molar-refractivity contribution in [1.82, 2.24) is 0 Å². The molecule has 0 aliphatic heterocycles. The number of hydrogen-bond acceptors (Lipinski definition) is 2. The lowest BCUT2D eigenvalue weighted by Crippen LogP contribution is -1.96. The van der Waals surface area contributed by atoms with Crippen molar-refractivity contribution in [2.45, 2.75) is 13.5 Å². The molecule has 2 nitrogen and oxygen atoms in total. The van der Waals surface area contributed by atoms with Gasteiger partial charge in [0.05, 0.1) is 13.0 Å². The van der Waals surface area contributed by atoms with Gasteiger partial charge in [-0.3, -0.25) is 0 Å². The fourth-order valence-corrected chi connectivity index (χ4v) is 1.99. The topological polar surface area (TPSA) is 18.5 Å². The van der Waals surface area contributed by atoms with Crippen LogP contribution in [0.4, 0.5) is 0 Å². The molecule has 0 aliphatic carbocycles. The summed E-state index contributed by atoms with van der Waals surface area (Å²) in [7, 11) is 1.66. The molecular formula is C18H17ClO2. The third-order valence-corrected chi connectivity index (χ3v) is 3.16. The minimum Gasteiger partial charge on any atom is -0.497 e. The summed E-state index contributed by atoms with van der Waals surface area (Å²) in [5.41, 5.74) is 3.12. The molecule has 0 saturated carbocycles. The Balaban J connectivity index is 2.04. The van der Waals surface area contributed by atoms with E-state index in [4.69, 9.17) is 21.1 Å². The molecule has 0 N–H and O–H groups in total. The van der Waals surface area contributed by atoms with Crippen LogP contribution in [0, 0.1) is 18.8 Å². The highest BCUT2D eigenvalue weighted by Crippen LogP contribution is 2.19. The molecule has 0 heterocycles. The van der Waals surface area contributed by atoms with Gasteiger partial charge in [-0.25, -0.2) is 0 Å². The van der Waals surface area contributed by atoms with Crippen LogP contribution >= 0.6 is 11.6 Å². The first kappa shape index (κ1) is 15.3. The number of aryl methyl sites for hydroxylation is 1. The van der Waals surface area contributed by atoms with Crippen LogP contribution in [0.15, 0.2) is 42.5 Å². The standard InChI is InChI=1S/C18H17ClO2/c1-14-11-18(9-8-16(14)6-4-10-19)21-13-15-5-3-7-17(12-15)20-2/h3,5,7-9,11-12H,10,13H2,1-2H3. The Morgan fingerprint density at radius 2 is 1.95 bits per heavy atom. The normalized spacial score (nSPS) is 9.67. The zero-order valence-corrected chi connectivity index (χ0v) is 12.9. The summed E-state index contributed by atoms with van der Waals surface area (Å²) in [6.45, 7) is 2.51. The second-order valence-electron chi connectivity index (χ2n) is 4.55. The molecule has 2 rings (SSSR count). The van der Waals surface area contributed by atoms with E-state index in [2.05, 4.69) is 11.8 Å². The molecule has 0 amide bonds. The average molecular weight is 301 g/mol. The molecule has 0 aliphatic rings. The summed E-state index contributed by atoms with van der Waals surface area (Å²) in [6.07, 6.45) is 0. The zero-order chi connectivity index (χ0) is 15.1. The summed E-state index contributed by atoms with van der Waals surface area (Å²) in [5.74, 6) is 7.88. The van der Waals surface area contributed by atoms with Gasteiger partial charge in [0, 0.05) is 5.56 Å². The maximum Gasteiger partial charge on any atom is 0.120 e. The van der Waals surface area contributed by atoms with Crippen molar-refractivity contribution in [1.29, 1.82) is 0 Å². The van der Waals surface area contributed by atoms with E-state index in [0.717, 1.165) is 28.2 Å². The first-order valence-electron chi connectivity index (χ1n) is 6.64. The van der Waals surface area contributed by atoms with Gasteiger partial charge >= 0.3 is 0 Å². The molecule has 0 bridgehead atoms. The third-order valence-electron chi connectivity index (χ3n) is 3.03. The number of methoxy groups -OCH3 is 1. The fraction of sp³-hybridized carbons (Fsp3) is 0.222. The number of halogens is 1.